The minimum Gasteiger partial charge on any atom is -0.462 e. The van der Waals surface area contributed by atoms with E-state index in [0.717, 1.165) is 22.6 Å². The molecular weight excluding hydrogens is 348 g/mol. The van der Waals surface area contributed by atoms with Gasteiger partial charge in [0.1, 0.15) is 15.9 Å². The number of hydrogen-bond donors (Lipinski definition) is 1. The number of nitriles is 1. The molecule has 0 aliphatic rings. The summed E-state index contributed by atoms with van der Waals surface area (Å²) in [7, 11) is 5.95. The van der Waals surface area contributed by atoms with Crippen LogP contribution in [-0.2, 0) is 17.8 Å². The Morgan fingerprint density at radius 1 is 1.23 bits per heavy atom. The summed E-state index contributed by atoms with van der Waals surface area (Å²) in [5.41, 5.74) is 9.22. The number of carbonyl (C=O) groups is 1. The maximum atomic E-state index is 12.2. The van der Waals surface area contributed by atoms with Crippen LogP contribution in [0.5, 0.6) is 0 Å². The van der Waals surface area contributed by atoms with Crippen LogP contribution in [0, 0.1) is 11.3 Å². The first-order chi connectivity index (χ1) is 12.4. The van der Waals surface area contributed by atoms with Crippen molar-refractivity contribution in [2.45, 2.75) is 20.0 Å². The van der Waals surface area contributed by atoms with Gasteiger partial charge in [-0.3, -0.25) is 4.90 Å². The summed E-state index contributed by atoms with van der Waals surface area (Å²) in [5.74, 6) is -0.426. The molecule has 0 saturated carbocycles. The summed E-state index contributed by atoms with van der Waals surface area (Å²) in [6, 6.07) is 10.4. The molecule has 0 bridgehead atoms. The topological polar surface area (TPSA) is 82.6 Å². The Bertz CT molecular complexity index is 806. The third kappa shape index (κ3) is 4.54. The highest BCUT2D eigenvalue weighted by Crippen LogP contribution is 2.32. The summed E-state index contributed by atoms with van der Waals surface area (Å²) in [4.78, 5) is 16.7. The van der Waals surface area contributed by atoms with Crippen molar-refractivity contribution in [3.8, 4) is 6.07 Å². The molecule has 0 fully saturated rings. The second-order valence-electron chi connectivity index (χ2n) is 6.21. The van der Waals surface area contributed by atoms with Crippen molar-refractivity contribution in [2.75, 3.05) is 38.4 Å². The predicted octanol–water partition coefficient (Wildman–Crippen LogP) is 3.08. The Balaban J connectivity index is 2.18. The molecule has 2 rings (SSSR count). The summed E-state index contributed by atoms with van der Waals surface area (Å²) in [6.45, 7) is 3.17. The Kier molecular flexibility index (Phi) is 6.61. The Morgan fingerprint density at radius 2 is 1.88 bits per heavy atom. The average Bonchev–Trinajstić information content (AvgIpc) is 2.91. The number of nitrogen functional groups attached to an aromatic ring is 1. The van der Waals surface area contributed by atoms with E-state index in [2.05, 4.69) is 35.2 Å². The third-order valence-electron chi connectivity index (χ3n) is 3.94. The number of nitrogens with zero attached hydrogens (tertiary/aromatic N) is 3. The number of benzene rings is 1. The molecule has 6 nitrogen and oxygen atoms in total. The van der Waals surface area contributed by atoms with Crippen LogP contribution in [-0.4, -0.2) is 38.6 Å². The molecule has 2 N–H and O–H groups in total. The number of nitrogens with two attached hydrogens (primary N) is 1. The van der Waals surface area contributed by atoms with Crippen LogP contribution in [0.2, 0.25) is 0 Å². The zero-order valence-electron chi connectivity index (χ0n) is 15.6. The second kappa shape index (κ2) is 8.70. The fraction of sp³-hybridized carbons (Fsp3) is 0.368. The van der Waals surface area contributed by atoms with Crippen molar-refractivity contribution in [3.63, 3.8) is 0 Å². The lowest BCUT2D eigenvalue weighted by molar-refractivity contribution is 0.0530. The van der Waals surface area contributed by atoms with Crippen molar-refractivity contribution in [3.05, 3.63) is 45.8 Å². The number of anilines is 2. The van der Waals surface area contributed by atoms with E-state index in [0.29, 0.717) is 34.1 Å². The molecule has 0 unspecified atom stereocenters. The number of hydrogen-bond acceptors (Lipinski definition) is 7. The van der Waals surface area contributed by atoms with Gasteiger partial charge in [0.15, 0.2) is 0 Å². The molecule has 1 heterocycles. The Morgan fingerprint density at radius 3 is 2.42 bits per heavy atom. The predicted molar refractivity (Wildman–Crippen MR) is 105 cm³/mol. The number of rotatable bonds is 7. The molecule has 0 amide bonds. The molecule has 26 heavy (non-hydrogen) atoms. The smallest absolute Gasteiger partial charge is 0.348 e. The number of esters is 1. The molecule has 1 aromatic heterocycles. The quantitative estimate of drug-likeness (QED) is 0.752. The monoisotopic (exact) mass is 372 g/mol. The average molecular weight is 372 g/mol. The SMILES string of the molecule is CCOC(=O)c1sc(N)c(C#N)c1CN(C)Cc1ccc(N(C)C)cc1. The van der Waals surface area contributed by atoms with E-state index in [-0.39, 0.29) is 6.61 Å². The summed E-state index contributed by atoms with van der Waals surface area (Å²) >= 11 is 1.12. The van der Waals surface area contributed by atoms with Gasteiger partial charge in [0.05, 0.1) is 12.2 Å². The van der Waals surface area contributed by atoms with E-state index in [9.17, 15) is 10.1 Å². The molecule has 1 aromatic carbocycles. The Hall–Kier alpha value is -2.56. The minimum absolute atomic E-state index is 0.284. The van der Waals surface area contributed by atoms with Gasteiger partial charge in [-0.15, -0.1) is 11.3 Å². The van der Waals surface area contributed by atoms with E-state index < -0.39 is 5.97 Å². The first kappa shape index (κ1) is 19.8. The zero-order chi connectivity index (χ0) is 19.3. The normalized spacial score (nSPS) is 10.6. The molecule has 0 radical (unpaired) electrons. The third-order valence-corrected chi connectivity index (χ3v) is 4.98. The van der Waals surface area contributed by atoms with Gasteiger partial charge in [-0.1, -0.05) is 12.1 Å². The molecule has 0 spiro atoms. The van der Waals surface area contributed by atoms with Crippen LogP contribution in [0.3, 0.4) is 0 Å². The van der Waals surface area contributed by atoms with Crippen molar-refractivity contribution < 1.29 is 9.53 Å². The molecule has 0 aliphatic carbocycles. The summed E-state index contributed by atoms with van der Waals surface area (Å²) < 4.78 is 5.10. The van der Waals surface area contributed by atoms with Crippen LogP contribution in [0.4, 0.5) is 10.7 Å². The molecule has 138 valence electrons. The van der Waals surface area contributed by atoms with E-state index in [1.54, 1.807) is 6.92 Å². The lowest BCUT2D eigenvalue weighted by Crippen LogP contribution is -2.19. The number of ether oxygens (including phenoxy) is 1. The second-order valence-corrected chi connectivity index (χ2v) is 7.27. The van der Waals surface area contributed by atoms with Crippen LogP contribution < -0.4 is 10.6 Å². The van der Waals surface area contributed by atoms with Crippen molar-refractivity contribution in [1.82, 2.24) is 4.90 Å². The molecule has 0 atom stereocenters. The maximum Gasteiger partial charge on any atom is 0.348 e. The highest BCUT2D eigenvalue weighted by Gasteiger charge is 2.23. The van der Waals surface area contributed by atoms with Gasteiger partial charge in [0, 0.05) is 38.4 Å². The minimum atomic E-state index is -0.426. The standard InChI is InChI=1S/C19H24N4O2S/c1-5-25-19(24)17-16(15(10-20)18(21)26-17)12-23(4)11-13-6-8-14(9-7-13)22(2)3/h6-9H,5,11-12,21H2,1-4H3. The van der Waals surface area contributed by atoms with Crippen LogP contribution in [0.25, 0.3) is 0 Å². The van der Waals surface area contributed by atoms with Crippen LogP contribution in [0.1, 0.15) is 33.3 Å². The number of carbonyl (C=O) groups excluding carboxylic acids is 1. The molecular formula is C19H24N4O2S. The van der Waals surface area contributed by atoms with Gasteiger partial charge in [-0.25, -0.2) is 4.79 Å². The van der Waals surface area contributed by atoms with Gasteiger partial charge < -0.3 is 15.4 Å². The highest BCUT2D eigenvalue weighted by atomic mass is 32.1. The van der Waals surface area contributed by atoms with E-state index >= 15 is 0 Å². The lowest BCUT2D eigenvalue weighted by atomic mass is 10.1. The zero-order valence-corrected chi connectivity index (χ0v) is 16.4. The van der Waals surface area contributed by atoms with Gasteiger partial charge in [-0.05, 0) is 31.7 Å². The maximum absolute atomic E-state index is 12.2. The summed E-state index contributed by atoms with van der Waals surface area (Å²) in [6.07, 6.45) is 0. The molecule has 2 aromatic rings. The molecule has 0 saturated heterocycles. The summed E-state index contributed by atoms with van der Waals surface area (Å²) in [5, 5.41) is 9.77. The van der Waals surface area contributed by atoms with Crippen molar-refractivity contribution in [2.24, 2.45) is 0 Å². The van der Waals surface area contributed by atoms with Gasteiger partial charge in [0.25, 0.3) is 0 Å². The van der Waals surface area contributed by atoms with E-state index in [1.807, 2.05) is 26.0 Å². The van der Waals surface area contributed by atoms with Crippen molar-refractivity contribution >= 4 is 28.0 Å². The highest BCUT2D eigenvalue weighted by molar-refractivity contribution is 7.18. The van der Waals surface area contributed by atoms with Crippen LogP contribution in [0.15, 0.2) is 24.3 Å². The number of thiophene rings is 1. The van der Waals surface area contributed by atoms with Crippen LogP contribution >= 0.6 is 11.3 Å². The Labute approximate surface area is 158 Å². The lowest BCUT2D eigenvalue weighted by Gasteiger charge is -2.18. The first-order valence-electron chi connectivity index (χ1n) is 8.30. The van der Waals surface area contributed by atoms with Gasteiger partial charge in [0.2, 0.25) is 0 Å². The van der Waals surface area contributed by atoms with Gasteiger partial charge >= 0.3 is 5.97 Å². The molecule has 0 aliphatic heterocycles. The van der Waals surface area contributed by atoms with Gasteiger partial charge in [-0.2, -0.15) is 5.26 Å². The largest absolute Gasteiger partial charge is 0.462 e. The van der Waals surface area contributed by atoms with E-state index in [4.69, 9.17) is 10.5 Å². The fourth-order valence-corrected chi connectivity index (χ4v) is 3.58. The van der Waals surface area contributed by atoms with Crippen molar-refractivity contribution in [1.29, 1.82) is 5.26 Å². The van der Waals surface area contributed by atoms with E-state index in [1.165, 1.54) is 0 Å². The fourth-order valence-electron chi connectivity index (χ4n) is 2.66. The molecule has 7 heteroatoms. The first-order valence-corrected chi connectivity index (χ1v) is 9.12.